The van der Waals surface area contributed by atoms with Gasteiger partial charge in [-0.3, -0.25) is 9.69 Å². The first-order chi connectivity index (χ1) is 11.4. The van der Waals surface area contributed by atoms with Crippen LogP contribution in [0.1, 0.15) is 36.5 Å². The quantitative estimate of drug-likeness (QED) is 0.784. The van der Waals surface area contributed by atoms with Gasteiger partial charge in [-0.25, -0.2) is 13.1 Å². The summed E-state index contributed by atoms with van der Waals surface area (Å²) in [5.41, 5.74) is 0.439. The van der Waals surface area contributed by atoms with E-state index in [1.165, 1.54) is 19.1 Å². The number of nitrogens with zero attached hydrogens (tertiary/aromatic N) is 1. The lowest BCUT2D eigenvalue weighted by molar-refractivity contribution is -0.0527. The van der Waals surface area contributed by atoms with Crippen molar-refractivity contribution < 1.29 is 17.9 Å². The lowest BCUT2D eigenvalue weighted by atomic mass is 9.75. The van der Waals surface area contributed by atoms with E-state index < -0.39 is 10.0 Å². The number of carbonyl (C=O) groups is 1. The summed E-state index contributed by atoms with van der Waals surface area (Å²) in [6.07, 6.45) is 3.16. The Labute approximate surface area is 143 Å². The van der Waals surface area contributed by atoms with Crippen LogP contribution in [0.4, 0.5) is 0 Å². The minimum atomic E-state index is -3.57. The molecular weight excluding hydrogens is 328 g/mol. The average molecular weight is 352 g/mol. The third-order valence-corrected chi connectivity index (χ3v) is 6.55. The van der Waals surface area contributed by atoms with Crippen LogP contribution in [0.5, 0.6) is 0 Å². The maximum Gasteiger partial charge on any atom is 0.240 e. The fourth-order valence-corrected chi connectivity index (χ4v) is 4.53. The van der Waals surface area contributed by atoms with Crippen LogP contribution in [0.2, 0.25) is 0 Å². The van der Waals surface area contributed by atoms with Gasteiger partial charge in [0.15, 0.2) is 5.78 Å². The van der Waals surface area contributed by atoms with Gasteiger partial charge in [0.2, 0.25) is 10.0 Å². The number of hydrogen-bond acceptors (Lipinski definition) is 5. The molecule has 24 heavy (non-hydrogen) atoms. The third-order valence-electron chi connectivity index (χ3n) is 5.13. The van der Waals surface area contributed by atoms with Gasteiger partial charge in [0, 0.05) is 30.7 Å². The molecule has 1 saturated carbocycles. The summed E-state index contributed by atoms with van der Waals surface area (Å²) in [4.78, 5) is 13.9. The summed E-state index contributed by atoms with van der Waals surface area (Å²) in [6, 6.07) is 6.08. The van der Waals surface area contributed by atoms with Crippen molar-refractivity contribution in [2.24, 2.45) is 0 Å². The largest absolute Gasteiger partial charge is 0.379 e. The van der Waals surface area contributed by atoms with Crippen molar-refractivity contribution in [1.29, 1.82) is 0 Å². The van der Waals surface area contributed by atoms with Crippen LogP contribution in [0.25, 0.3) is 0 Å². The lowest BCUT2D eigenvalue weighted by Gasteiger charge is -2.51. The molecule has 0 aromatic heterocycles. The summed E-state index contributed by atoms with van der Waals surface area (Å²) in [7, 11) is -3.57. The lowest BCUT2D eigenvalue weighted by Crippen LogP contribution is -2.62. The Morgan fingerprint density at radius 3 is 2.33 bits per heavy atom. The van der Waals surface area contributed by atoms with Crippen molar-refractivity contribution in [3.63, 3.8) is 0 Å². The van der Waals surface area contributed by atoms with Crippen LogP contribution in [0.3, 0.4) is 0 Å². The highest BCUT2D eigenvalue weighted by molar-refractivity contribution is 7.89. The van der Waals surface area contributed by atoms with E-state index in [2.05, 4.69) is 9.62 Å². The topological polar surface area (TPSA) is 75.7 Å². The molecule has 0 atom stereocenters. The van der Waals surface area contributed by atoms with Crippen LogP contribution < -0.4 is 4.72 Å². The van der Waals surface area contributed by atoms with Crippen LogP contribution in [-0.4, -0.2) is 57.5 Å². The molecule has 6 nitrogen and oxygen atoms in total. The highest BCUT2D eigenvalue weighted by Crippen LogP contribution is 2.37. The number of nitrogens with one attached hydrogen (secondary N) is 1. The Kier molecular flexibility index (Phi) is 5.05. The summed E-state index contributed by atoms with van der Waals surface area (Å²) in [6.45, 7) is 5.01. The van der Waals surface area contributed by atoms with Crippen LogP contribution >= 0.6 is 0 Å². The molecule has 0 amide bonds. The number of ether oxygens (including phenoxy) is 1. The van der Waals surface area contributed by atoms with Crippen molar-refractivity contribution >= 4 is 15.8 Å². The van der Waals surface area contributed by atoms with Gasteiger partial charge in [-0.1, -0.05) is 12.1 Å². The summed E-state index contributed by atoms with van der Waals surface area (Å²) in [5, 5.41) is 0. The molecule has 2 fully saturated rings. The number of ketones is 1. The van der Waals surface area contributed by atoms with Crippen molar-refractivity contribution in [2.45, 2.75) is 36.6 Å². The van der Waals surface area contributed by atoms with Gasteiger partial charge in [-0.15, -0.1) is 0 Å². The second kappa shape index (κ2) is 6.92. The van der Waals surface area contributed by atoms with Gasteiger partial charge in [-0.2, -0.15) is 0 Å². The predicted octanol–water partition coefficient (Wildman–Crippen LogP) is 1.42. The van der Waals surface area contributed by atoms with Crippen molar-refractivity contribution in [3.05, 3.63) is 29.8 Å². The Balaban J connectivity index is 1.68. The minimum absolute atomic E-state index is 0.0732. The van der Waals surface area contributed by atoms with Crippen LogP contribution in [0, 0.1) is 0 Å². The van der Waals surface area contributed by atoms with Crippen molar-refractivity contribution in [3.8, 4) is 0 Å². The molecule has 1 aromatic rings. The first-order valence-electron chi connectivity index (χ1n) is 8.36. The molecule has 0 spiro atoms. The normalized spacial score (nSPS) is 21.2. The number of sulfonamides is 1. The Bertz CT molecular complexity index is 690. The predicted molar refractivity (Wildman–Crippen MR) is 90.6 cm³/mol. The van der Waals surface area contributed by atoms with E-state index in [-0.39, 0.29) is 16.2 Å². The molecule has 1 saturated heterocycles. The van der Waals surface area contributed by atoms with Gasteiger partial charge in [0.1, 0.15) is 0 Å². The number of Topliss-reactive ketones (excluding diaryl/α,β-unsaturated/α-hetero) is 1. The maximum atomic E-state index is 12.5. The van der Waals surface area contributed by atoms with Crippen molar-refractivity contribution in [2.75, 3.05) is 32.8 Å². The molecule has 7 heteroatoms. The molecule has 1 heterocycles. The number of rotatable bonds is 6. The Morgan fingerprint density at radius 1 is 1.21 bits per heavy atom. The molecule has 1 aliphatic carbocycles. The molecule has 2 aliphatic rings. The highest BCUT2D eigenvalue weighted by atomic mass is 32.2. The first kappa shape index (κ1) is 17.5. The zero-order valence-electron chi connectivity index (χ0n) is 14.0. The van der Waals surface area contributed by atoms with Gasteiger partial charge in [-0.05, 0) is 38.3 Å². The first-order valence-corrected chi connectivity index (χ1v) is 9.85. The Morgan fingerprint density at radius 2 is 1.83 bits per heavy atom. The van der Waals surface area contributed by atoms with Crippen LogP contribution in [-0.2, 0) is 14.8 Å². The fraction of sp³-hybridized carbons (Fsp3) is 0.588. The van der Waals surface area contributed by atoms with Gasteiger partial charge in [0.05, 0.1) is 18.1 Å². The number of carbonyl (C=O) groups excluding carboxylic acids is 1. The van der Waals surface area contributed by atoms with E-state index in [1.807, 2.05) is 0 Å². The number of benzene rings is 1. The molecule has 1 N–H and O–H groups in total. The van der Waals surface area contributed by atoms with E-state index in [1.54, 1.807) is 12.1 Å². The average Bonchev–Trinajstić information content (AvgIpc) is 2.55. The molecule has 1 aromatic carbocycles. The van der Waals surface area contributed by atoms with E-state index in [0.717, 1.165) is 32.4 Å². The van der Waals surface area contributed by atoms with Gasteiger partial charge in [0.25, 0.3) is 0 Å². The SMILES string of the molecule is CC(=O)c1ccc(S(=O)(=O)NCC2(N3CCOCC3)CCC2)cc1. The molecule has 1 aliphatic heterocycles. The summed E-state index contributed by atoms with van der Waals surface area (Å²) in [5.74, 6) is -0.0763. The third kappa shape index (κ3) is 3.54. The van der Waals surface area contributed by atoms with E-state index in [4.69, 9.17) is 4.74 Å². The number of morpholine rings is 1. The Hall–Kier alpha value is -1.28. The number of hydrogen-bond donors (Lipinski definition) is 1. The van der Waals surface area contributed by atoms with Gasteiger partial charge < -0.3 is 4.74 Å². The monoisotopic (exact) mass is 352 g/mol. The summed E-state index contributed by atoms with van der Waals surface area (Å²) >= 11 is 0. The second-order valence-corrected chi connectivity index (χ2v) is 8.35. The van der Waals surface area contributed by atoms with Crippen LogP contribution in [0.15, 0.2) is 29.2 Å². The molecular formula is C17H24N2O4S. The summed E-state index contributed by atoms with van der Waals surface area (Å²) < 4.78 is 33.3. The highest BCUT2D eigenvalue weighted by Gasteiger charge is 2.43. The minimum Gasteiger partial charge on any atom is -0.379 e. The van der Waals surface area contributed by atoms with E-state index in [9.17, 15) is 13.2 Å². The molecule has 3 rings (SSSR count). The maximum absolute atomic E-state index is 12.5. The zero-order chi connectivity index (χ0) is 17.2. The second-order valence-electron chi connectivity index (χ2n) is 6.58. The standard InChI is InChI=1S/C17H24N2O4S/c1-14(20)15-3-5-16(6-4-15)24(21,22)18-13-17(7-2-8-17)19-9-11-23-12-10-19/h3-6,18H,2,7-13H2,1H3. The smallest absolute Gasteiger partial charge is 0.240 e. The molecule has 132 valence electrons. The van der Waals surface area contributed by atoms with Crippen molar-refractivity contribution in [1.82, 2.24) is 9.62 Å². The molecule has 0 bridgehead atoms. The van der Waals surface area contributed by atoms with Gasteiger partial charge >= 0.3 is 0 Å². The molecule has 0 unspecified atom stereocenters. The van der Waals surface area contributed by atoms with E-state index >= 15 is 0 Å². The van der Waals surface area contributed by atoms with E-state index in [0.29, 0.717) is 25.3 Å². The molecule has 0 radical (unpaired) electrons. The zero-order valence-corrected chi connectivity index (χ0v) is 14.8. The fourth-order valence-electron chi connectivity index (χ4n) is 3.41.